The highest BCUT2D eigenvalue weighted by atomic mass is 79.9. The van der Waals surface area contributed by atoms with E-state index in [1.165, 1.54) is 0 Å². The number of nitrogens with one attached hydrogen (secondary N) is 1. The Morgan fingerprint density at radius 2 is 1.96 bits per heavy atom. The number of piperazine rings is 1. The van der Waals surface area contributed by atoms with Crippen LogP contribution in [0.4, 0.5) is 10.5 Å². The van der Waals surface area contributed by atoms with Crippen LogP contribution in [0.3, 0.4) is 0 Å². The molecule has 1 saturated heterocycles. The fraction of sp³-hybridized carbons (Fsp3) is 0.556. The fourth-order valence-corrected chi connectivity index (χ4v) is 3.38. The first-order valence-electron chi connectivity index (χ1n) is 9.00. The molecule has 0 saturated carbocycles. The van der Waals surface area contributed by atoms with Crippen LogP contribution in [0.2, 0.25) is 0 Å². The Hall–Kier alpha value is -2.16. The molecule has 27 heavy (non-hydrogen) atoms. The third kappa shape index (κ3) is 4.23. The van der Waals surface area contributed by atoms with Crippen molar-refractivity contribution in [2.45, 2.75) is 39.7 Å². The van der Waals surface area contributed by atoms with Gasteiger partial charge in [-0.05, 0) is 43.1 Å². The molecule has 0 atom stereocenters. The average molecular weight is 438 g/mol. The number of carbonyl (C=O) groups excluding carboxylic acids is 1. The second kappa shape index (κ2) is 7.46. The van der Waals surface area contributed by atoms with Gasteiger partial charge < -0.3 is 19.5 Å². The number of aromatic amines is 1. The molecule has 2 aromatic rings. The van der Waals surface area contributed by atoms with Crippen LogP contribution in [-0.4, -0.2) is 57.7 Å². The topological polar surface area (TPSA) is 91.4 Å². The van der Waals surface area contributed by atoms with Crippen molar-refractivity contribution in [2.75, 3.05) is 31.1 Å². The van der Waals surface area contributed by atoms with Crippen molar-refractivity contribution in [3.05, 3.63) is 26.7 Å². The van der Waals surface area contributed by atoms with Gasteiger partial charge >= 0.3 is 6.09 Å². The number of amides is 1. The molecule has 3 heterocycles. The number of anilines is 1. The van der Waals surface area contributed by atoms with Crippen LogP contribution in [0.25, 0.3) is 11.2 Å². The number of fused-ring (bicyclic) bond motifs is 1. The second-order valence-electron chi connectivity index (χ2n) is 7.48. The van der Waals surface area contributed by atoms with Gasteiger partial charge in [0.2, 0.25) is 5.43 Å². The van der Waals surface area contributed by atoms with E-state index in [4.69, 9.17) is 4.74 Å². The first-order chi connectivity index (χ1) is 12.7. The number of nitrogens with zero attached hydrogens (tertiary/aromatic N) is 4. The van der Waals surface area contributed by atoms with Gasteiger partial charge in [0, 0.05) is 31.9 Å². The Labute approximate surface area is 166 Å². The lowest BCUT2D eigenvalue weighted by molar-refractivity contribution is 0.0240. The maximum atomic E-state index is 13.1. The summed E-state index contributed by atoms with van der Waals surface area (Å²) < 4.78 is 5.95. The van der Waals surface area contributed by atoms with Gasteiger partial charge in [-0.25, -0.2) is 14.8 Å². The Morgan fingerprint density at radius 1 is 1.30 bits per heavy atom. The zero-order chi connectivity index (χ0) is 19.8. The first kappa shape index (κ1) is 19.6. The molecule has 2 aromatic heterocycles. The van der Waals surface area contributed by atoms with Crippen molar-refractivity contribution in [2.24, 2.45) is 0 Å². The summed E-state index contributed by atoms with van der Waals surface area (Å²) in [6.45, 7) is 9.65. The zero-order valence-electron chi connectivity index (χ0n) is 16.0. The maximum absolute atomic E-state index is 13.1. The van der Waals surface area contributed by atoms with Crippen LogP contribution < -0.4 is 10.3 Å². The van der Waals surface area contributed by atoms with Crippen molar-refractivity contribution in [3.63, 3.8) is 0 Å². The highest BCUT2D eigenvalue weighted by molar-refractivity contribution is 9.10. The molecule has 8 nitrogen and oxygen atoms in total. The number of rotatable bonds is 2. The lowest BCUT2D eigenvalue weighted by Crippen LogP contribution is -2.51. The van der Waals surface area contributed by atoms with Gasteiger partial charge in [-0.15, -0.1) is 0 Å². The minimum Gasteiger partial charge on any atom is -0.444 e. The van der Waals surface area contributed by atoms with Gasteiger partial charge in [-0.1, -0.05) is 6.92 Å². The average Bonchev–Trinajstić information content (AvgIpc) is 2.61. The fourth-order valence-electron chi connectivity index (χ4n) is 3.10. The molecule has 9 heteroatoms. The third-order valence-corrected chi connectivity index (χ3v) is 4.71. The molecule has 1 N–H and O–H groups in total. The molecule has 0 aromatic carbocycles. The van der Waals surface area contributed by atoms with E-state index in [1.807, 2.05) is 32.6 Å². The molecule has 1 aliphatic heterocycles. The van der Waals surface area contributed by atoms with Crippen molar-refractivity contribution in [1.29, 1.82) is 0 Å². The van der Waals surface area contributed by atoms with Crippen molar-refractivity contribution >= 4 is 38.9 Å². The van der Waals surface area contributed by atoms with Gasteiger partial charge in [-0.3, -0.25) is 4.79 Å². The van der Waals surface area contributed by atoms with E-state index in [1.54, 1.807) is 11.1 Å². The molecular formula is C18H24BrN5O3. The largest absolute Gasteiger partial charge is 0.444 e. The number of hydrogen-bond donors (Lipinski definition) is 1. The summed E-state index contributed by atoms with van der Waals surface area (Å²) in [5, 5.41) is 0. The highest BCUT2D eigenvalue weighted by Gasteiger charge is 2.28. The van der Waals surface area contributed by atoms with Gasteiger partial charge in [0.05, 0.1) is 6.20 Å². The Balaban J connectivity index is 1.86. The summed E-state index contributed by atoms with van der Waals surface area (Å²) >= 11 is 3.27. The van der Waals surface area contributed by atoms with E-state index in [9.17, 15) is 9.59 Å². The molecule has 1 aliphatic rings. The minimum atomic E-state index is -0.523. The molecule has 3 rings (SSSR count). The molecule has 0 aliphatic carbocycles. The normalized spacial score (nSPS) is 15.3. The van der Waals surface area contributed by atoms with E-state index in [-0.39, 0.29) is 11.5 Å². The van der Waals surface area contributed by atoms with Gasteiger partial charge in [0.1, 0.15) is 15.9 Å². The van der Waals surface area contributed by atoms with Gasteiger partial charge in [0.15, 0.2) is 11.2 Å². The maximum Gasteiger partial charge on any atom is 0.410 e. The van der Waals surface area contributed by atoms with Crippen LogP contribution in [0.1, 0.15) is 33.4 Å². The number of aryl methyl sites for hydroxylation is 1. The lowest BCUT2D eigenvalue weighted by Gasteiger charge is -2.37. The van der Waals surface area contributed by atoms with Gasteiger partial charge in [0.25, 0.3) is 0 Å². The molecular weight excluding hydrogens is 414 g/mol. The highest BCUT2D eigenvalue weighted by Crippen LogP contribution is 2.21. The number of hydrogen-bond acceptors (Lipinski definition) is 6. The van der Waals surface area contributed by atoms with Crippen LogP contribution >= 0.6 is 15.9 Å². The number of carbonyl (C=O) groups is 1. The van der Waals surface area contributed by atoms with Crippen LogP contribution in [-0.2, 0) is 11.2 Å². The predicted octanol–water partition coefficient (Wildman–Crippen LogP) is 2.70. The van der Waals surface area contributed by atoms with Gasteiger partial charge in [-0.2, -0.15) is 0 Å². The number of pyridine rings is 1. The van der Waals surface area contributed by atoms with E-state index in [0.717, 1.165) is 5.69 Å². The van der Waals surface area contributed by atoms with Crippen molar-refractivity contribution < 1.29 is 9.53 Å². The number of halogens is 1. The third-order valence-electron chi connectivity index (χ3n) is 4.33. The molecule has 0 radical (unpaired) electrons. The summed E-state index contributed by atoms with van der Waals surface area (Å²) in [5.41, 5.74) is 1.57. The molecule has 1 amide bonds. The van der Waals surface area contributed by atoms with Crippen LogP contribution in [0, 0.1) is 0 Å². The molecule has 0 spiro atoms. The summed E-state index contributed by atoms with van der Waals surface area (Å²) in [6, 6.07) is 0. The van der Waals surface area contributed by atoms with E-state index in [0.29, 0.717) is 54.1 Å². The van der Waals surface area contributed by atoms with Crippen LogP contribution in [0.5, 0.6) is 0 Å². The van der Waals surface area contributed by atoms with Crippen LogP contribution in [0.15, 0.2) is 15.6 Å². The number of ether oxygens (including phenoxy) is 1. The monoisotopic (exact) mass is 437 g/mol. The van der Waals surface area contributed by atoms with E-state index >= 15 is 0 Å². The number of aromatic nitrogens is 3. The lowest BCUT2D eigenvalue weighted by atomic mass is 10.1. The minimum absolute atomic E-state index is 0.139. The Kier molecular flexibility index (Phi) is 5.41. The summed E-state index contributed by atoms with van der Waals surface area (Å²) in [5.74, 6) is 0. The smallest absolute Gasteiger partial charge is 0.410 e. The molecule has 146 valence electrons. The summed E-state index contributed by atoms with van der Waals surface area (Å²) in [6.07, 6.45) is 1.92. The van der Waals surface area contributed by atoms with E-state index in [2.05, 4.69) is 30.9 Å². The van der Waals surface area contributed by atoms with Crippen molar-refractivity contribution in [1.82, 2.24) is 19.9 Å². The second-order valence-corrected chi connectivity index (χ2v) is 8.29. The van der Waals surface area contributed by atoms with E-state index < -0.39 is 5.60 Å². The molecule has 0 bridgehead atoms. The Bertz CT molecular complexity index is 914. The predicted molar refractivity (Wildman–Crippen MR) is 107 cm³/mol. The SMILES string of the molecule is CCc1[nH]c2ncc(Br)nc2c(=O)c1N1CCN(C(=O)OC(C)(C)C)CC1. The summed E-state index contributed by atoms with van der Waals surface area (Å²) in [7, 11) is 0. The standard InChI is InChI=1S/C18H24BrN5O3/c1-5-11-14(15(25)13-16(21-11)20-10-12(19)22-13)23-6-8-24(9-7-23)17(26)27-18(2,3)4/h10H,5-9H2,1-4H3,(H,20,21,25). The Morgan fingerprint density at radius 3 is 2.56 bits per heavy atom. The summed E-state index contributed by atoms with van der Waals surface area (Å²) in [4.78, 5) is 40.8. The van der Waals surface area contributed by atoms with Crippen molar-refractivity contribution in [3.8, 4) is 0 Å². The molecule has 0 unspecified atom stereocenters. The molecule has 1 fully saturated rings. The quantitative estimate of drug-likeness (QED) is 0.776. The number of H-pyrrole nitrogens is 1. The zero-order valence-corrected chi connectivity index (χ0v) is 17.6. The first-order valence-corrected chi connectivity index (χ1v) is 9.79.